The van der Waals surface area contributed by atoms with Gasteiger partial charge in [-0.15, -0.1) is 11.3 Å². The Morgan fingerprint density at radius 1 is 0.352 bits per heavy atom. The molecule has 0 radical (unpaired) electrons. The maximum Gasteiger partial charge on any atom is 0.164 e. The molecule has 0 aliphatic rings. The molecule has 0 unspecified atom stereocenters. The highest BCUT2D eigenvalue weighted by Gasteiger charge is 2.19. The van der Waals surface area contributed by atoms with Crippen LogP contribution in [0.3, 0.4) is 0 Å². The van der Waals surface area contributed by atoms with Crippen LogP contribution < -0.4 is 0 Å². The summed E-state index contributed by atoms with van der Waals surface area (Å²) in [5.41, 5.74) is 8.96. The fourth-order valence-corrected chi connectivity index (χ4v) is 8.77. The van der Waals surface area contributed by atoms with Crippen molar-refractivity contribution in [3.05, 3.63) is 176 Å². The third kappa shape index (κ3) is 5.17. The summed E-state index contributed by atoms with van der Waals surface area (Å²) in [5.74, 6) is 1.84. The van der Waals surface area contributed by atoms with Crippen molar-refractivity contribution in [3.63, 3.8) is 0 Å². The lowest BCUT2D eigenvalue weighted by molar-refractivity contribution is 0.669. The molecule has 0 spiro atoms. The molecule has 0 saturated carbocycles. The van der Waals surface area contributed by atoms with Crippen molar-refractivity contribution in [1.82, 2.24) is 15.0 Å². The highest BCUT2D eigenvalue weighted by atomic mass is 32.1. The Morgan fingerprint density at radius 3 is 1.85 bits per heavy atom. The average Bonchev–Trinajstić information content (AvgIpc) is 3.81. The van der Waals surface area contributed by atoms with Crippen LogP contribution in [-0.2, 0) is 0 Å². The molecule has 0 fully saturated rings. The number of thiophene rings is 1. The van der Waals surface area contributed by atoms with Crippen molar-refractivity contribution in [2.24, 2.45) is 0 Å². The van der Waals surface area contributed by atoms with Crippen LogP contribution in [0.25, 0.3) is 109 Å². The largest absolute Gasteiger partial charge is 0.456 e. The first-order valence-corrected chi connectivity index (χ1v) is 18.8. The van der Waals surface area contributed by atoms with E-state index in [4.69, 9.17) is 19.4 Å². The normalized spacial score (nSPS) is 11.7. The second kappa shape index (κ2) is 12.3. The minimum absolute atomic E-state index is 0.600. The number of nitrogens with zero attached hydrogens (tertiary/aromatic N) is 3. The monoisotopic (exact) mass is 707 g/mol. The molecule has 0 bridgehead atoms. The van der Waals surface area contributed by atoms with Crippen LogP contribution >= 0.6 is 11.3 Å². The maximum atomic E-state index is 6.58. The van der Waals surface area contributed by atoms with Crippen molar-refractivity contribution in [3.8, 4) is 56.4 Å². The number of aromatic nitrogens is 3. The molecule has 3 aromatic heterocycles. The van der Waals surface area contributed by atoms with Gasteiger partial charge in [-0.1, -0.05) is 140 Å². The molecule has 8 aromatic carbocycles. The molecule has 252 valence electrons. The molecule has 0 N–H and O–H groups in total. The van der Waals surface area contributed by atoms with Crippen LogP contribution in [0.15, 0.2) is 180 Å². The van der Waals surface area contributed by atoms with Gasteiger partial charge in [0.05, 0.1) is 0 Å². The standard InChI is InChI=1S/C49H29N3OS/c1-2-9-30(10-3-1)32-17-20-33(21-18-32)47-50-48(37-22-19-31-11-4-5-12-34(31)27-37)52-49(51-47)41-14-8-15-42-46(41)40-26-24-35(28-43(40)53-42)36-23-25-39-38-13-6-7-16-44(38)54-45(39)29-36/h1-29H. The smallest absolute Gasteiger partial charge is 0.164 e. The lowest BCUT2D eigenvalue weighted by Crippen LogP contribution is -2.00. The Balaban J connectivity index is 1.05. The summed E-state index contributed by atoms with van der Waals surface area (Å²) in [6.45, 7) is 0. The van der Waals surface area contributed by atoms with E-state index in [2.05, 4.69) is 158 Å². The fourth-order valence-electron chi connectivity index (χ4n) is 7.62. The highest BCUT2D eigenvalue weighted by Crippen LogP contribution is 2.40. The quantitative estimate of drug-likeness (QED) is 0.179. The van der Waals surface area contributed by atoms with Crippen LogP contribution in [0.4, 0.5) is 0 Å². The van der Waals surface area contributed by atoms with Gasteiger partial charge in [-0.2, -0.15) is 0 Å². The molecular weight excluding hydrogens is 679 g/mol. The summed E-state index contributed by atoms with van der Waals surface area (Å²) in [6, 6.07) is 61.6. The van der Waals surface area contributed by atoms with Gasteiger partial charge in [0.15, 0.2) is 17.5 Å². The second-order valence-corrected chi connectivity index (χ2v) is 14.7. The van der Waals surface area contributed by atoms with E-state index >= 15 is 0 Å². The minimum atomic E-state index is 0.600. The zero-order valence-corrected chi connectivity index (χ0v) is 29.7. The molecule has 54 heavy (non-hydrogen) atoms. The summed E-state index contributed by atoms with van der Waals surface area (Å²) < 4.78 is 9.16. The zero-order valence-electron chi connectivity index (χ0n) is 28.9. The van der Waals surface area contributed by atoms with Gasteiger partial charge >= 0.3 is 0 Å². The molecule has 4 nitrogen and oxygen atoms in total. The molecule has 0 saturated heterocycles. The molecule has 3 heterocycles. The third-order valence-electron chi connectivity index (χ3n) is 10.3. The zero-order chi connectivity index (χ0) is 35.6. The van der Waals surface area contributed by atoms with E-state index < -0.39 is 0 Å². The van der Waals surface area contributed by atoms with E-state index in [1.807, 2.05) is 29.5 Å². The van der Waals surface area contributed by atoms with Crippen molar-refractivity contribution < 1.29 is 4.42 Å². The van der Waals surface area contributed by atoms with Crippen LogP contribution in [0.5, 0.6) is 0 Å². The second-order valence-electron chi connectivity index (χ2n) is 13.6. The molecule has 5 heteroatoms. The van der Waals surface area contributed by atoms with Gasteiger partial charge in [0.25, 0.3) is 0 Å². The Bertz CT molecular complexity index is 3220. The van der Waals surface area contributed by atoms with Crippen LogP contribution in [0.2, 0.25) is 0 Å². The highest BCUT2D eigenvalue weighted by molar-refractivity contribution is 7.25. The van der Waals surface area contributed by atoms with Crippen molar-refractivity contribution in [2.75, 3.05) is 0 Å². The minimum Gasteiger partial charge on any atom is -0.456 e. The number of rotatable bonds is 5. The van der Waals surface area contributed by atoms with Crippen molar-refractivity contribution in [2.45, 2.75) is 0 Å². The Kier molecular flexibility index (Phi) is 7.00. The first-order valence-electron chi connectivity index (χ1n) is 18.0. The van der Waals surface area contributed by atoms with Crippen LogP contribution in [-0.4, -0.2) is 15.0 Å². The van der Waals surface area contributed by atoms with E-state index in [-0.39, 0.29) is 0 Å². The number of benzene rings is 8. The van der Waals surface area contributed by atoms with Gasteiger partial charge in [0, 0.05) is 47.6 Å². The number of furan rings is 1. The molecule has 0 amide bonds. The summed E-state index contributed by atoms with van der Waals surface area (Å²) in [5, 5.41) is 6.91. The molecule has 0 atom stereocenters. The number of hydrogen-bond donors (Lipinski definition) is 0. The summed E-state index contributed by atoms with van der Waals surface area (Å²) in [7, 11) is 0. The summed E-state index contributed by atoms with van der Waals surface area (Å²) in [4.78, 5) is 15.4. The predicted octanol–water partition coefficient (Wildman–Crippen LogP) is 13.6. The van der Waals surface area contributed by atoms with E-state index in [0.717, 1.165) is 60.7 Å². The van der Waals surface area contributed by atoms with Gasteiger partial charge < -0.3 is 4.42 Å². The first-order chi connectivity index (χ1) is 26.7. The molecule has 11 rings (SSSR count). The molecular formula is C49H29N3OS. The SMILES string of the molecule is c1ccc(-c2ccc(-c3nc(-c4ccc5ccccc5c4)nc(-c4cccc5oc6cc(-c7ccc8c(c7)sc7ccccc78)ccc6c45)n3)cc2)cc1. The van der Waals surface area contributed by atoms with E-state index in [1.54, 1.807) is 0 Å². The van der Waals surface area contributed by atoms with Gasteiger partial charge in [0.2, 0.25) is 0 Å². The Labute approximate surface area is 314 Å². The number of hydrogen-bond acceptors (Lipinski definition) is 5. The predicted molar refractivity (Wildman–Crippen MR) is 225 cm³/mol. The molecule has 11 aromatic rings. The molecule has 0 aliphatic heterocycles. The lowest BCUT2D eigenvalue weighted by atomic mass is 10.0. The van der Waals surface area contributed by atoms with Crippen molar-refractivity contribution >= 4 is 64.2 Å². The first kappa shape index (κ1) is 30.7. The van der Waals surface area contributed by atoms with Crippen LogP contribution in [0.1, 0.15) is 0 Å². The van der Waals surface area contributed by atoms with Crippen molar-refractivity contribution in [1.29, 1.82) is 0 Å². The third-order valence-corrected chi connectivity index (χ3v) is 11.5. The summed E-state index contributed by atoms with van der Waals surface area (Å²) in [6.07, 6.45) is 0. The average molecular weight is 708 g/mol. The molecule has 0 aliphatic carbocycles. The number of fused-ring (bicyclic) bond motifs is 7. The van der Waals surface area contributed by atoms with E-state index in [0.29, 0.717) is 17.5 Å². The lowest BCUT2D eigenvalue weighted by Gasteiger charge is -2.10. The van der Waals surface area contributed by atoms with E-state index in [1.165, 1.54) is 31.1 Å². The van der Waals surface area contributed by atoms with Crippen LogP contribution in [0, 0.1) is 0 Å². The fraction of sp³-hybridized carbons (Fsp3) is 0. The Hall–Kier alpha value is -6.95. The summed E-state index contributed by atoms with van der Waals surface area (Å²) >= 11 is 1.83. The maximum absolute atomic E-state index is 6.58. The van der Waals surface area contributed by atoms with E-state index in [9.17, 15) is 0 Å². The van der Waals surface area contributed by atoms with Gasteiger partial charge in [-0.25, -0.2) is 15.0 Å². The van der Waals surface area contributed by atoms with Gasteiger partial charge in [-0.05, 0) is 69.4 Å². The Morgan fingerprint density at radius 2 is 0.981 bits per heavy atom. The van der Waals surface area contributed by atoms with Gasteiger partial charge in [0.1, 0.15) is 11.2 Å². The topological polar surface area (TPSA) is 51.8 Å². The van der Waals surface area contributed by atoms with Gasteiger partial charge in [-0.3, -0.25) is 0 Å².